The molecule has 1 aromatic heterocycles. The Morgan fingerprint density at radius 2 is 1.95 bits per heavy atom. The van der Waals surface area contributed by atoms with Crippen molar-refractivity contribution in [2.75, 3.05) is 0 Å². The van der Waals surface area contributed by atoms with Gasteiger partial charge in [0.2, 0.25) is 0 Å². The lowest BCUT2D eigenvalue weighted by atomic mass is 10.1. The molecule has 2 N–H and O–H groups in total. The summed E-state index contributed by atoms with van der Waals surface area (Å²) in [4.78, 5) is 23.6. The van der Waals surface area contributed by atoms with E-state index in [1.54, 1.807) is 44.3 Å². The Bertz CT molecular complexity index is 682. The predicted octanol–water partition coefficient (Wildman–Crippen LogP) is 1.94. The zero-order chi connectivity index (χ0) is 15.6. The van der Waals surface area contributed by atoms with E-state index in [1.165, 1.54) is 4.68 Å². The number of aryl methyl sites for hydroxylation is 2. The second-order valence-corrected chi connectivity index (χ2v) is 4.89. The molecule has 0 spiro atoms. The molecule has 0 aliphatic heterocycles. The summed E-state index contributed by atoms with van der Waals surface area (Å²) >= 11 is 6.01. The summed E-state index contributed by atoms with van der Waals surface area (Å²) in [6, 6.07) is 7.31. The number of carbonyl (C=O) groups excluding carboxylic acids is 1. The number of nitrogens with zero attached hydrogens (tertiary/aromatic N) is 2. The lowest BCUT2D eigenvalue weighted by molar-refractivity contribution is -0.139. The zero-order valence-corrected chi connectivity index (χ0v) is 12.3. The Balaban J connectivity index is 2.30. The van der Waals surface area contributed by atoms with Crippen molar-refractivity contribution in [3.8, 4) is 0 Å². The lowest BCUT2D eigenvalue weighted by Crippen LogP contribution is -2.34. The first-order chi connectivity index (χ1) is 9.91. The molecule has 0 unspecified atom stereocenters. The smallest absolute Gasteiger partial charge is 0.330 e. The molecular weight excluding hydrogens is 294 g/mol. The van der Waals surface area contributed by atoms with Crippen LogP contribution in [-0.4, -0.2) is 26.8 Å². The lowest BCUT2D eigenvalue weighted by Gasteiger charge is -2.14. The molecule has 21 heavy (non-hydrogen) atoms. The van der Waals surface area contributed by atoms with E-state index >= 15 is 0 Å². The minimum Gasteiger partial charge on any atom is -0.479 e. The van der Waals surface area contributed by atoms with Crippen molar-refractivity contribution in [1.82, 2.24) is 15.1 Å². The number of hydrogen-bond donors (Lipinski definition) is 2. The van der Waals surface area contributed by atoms with E-state index in [9.17, 15) is 14.7 Å². The molecule has 0 saturated carbocycles. The van der Waals surface area contributed by atoms with Crippen LogP contribution in [0.2, 0.25) is 5.15 Å². The first-order valence-electron chi connectivity index (χ1n) is 6.19. The highest BCUT2D eigenvalue weighted by Crippen LogP contribution is 2.20. The highest BCUT2D eigenvalue weighted by molar-refractivity contribution is 6.33. The van der Waals surface area contributed by atoms with Gasteiger partial charge >= 0.3 is 5.97 Å². The van der Waals surface area contributed by atoms with Gasteiger partial charge < -0.3 is 10.4 Å². The number of nitrogens with one attached hydrogen (secondary N) is 1. The van der Waals surface area contributed by atoms with E-state index in [4.69, 9.17) is 11.6 Å². The quantitative estimate of drug-likeness (QED) is 0.904. The largest absolute Gasteiger partial charge is 0.479 e. The maximum atomic E-state index is 12.3. The average molecular weight is 308 g/mol. The third-order valence-corrected chi connectivity index (χ3v) is 3.47. The van der Waals surface area contributed by atoms with Gasteiger partial charge in [-0.15, -0.1) is 0 Å². The number of carboxylic acid groups (broad SMARTS) is 1. The summed E-state index contributed by atoms with van der Waals surface area (Å²) in [5, 5.41) is 16.0. The monoisotopic (exact) mass is 307 g/mol. The normalized spacial score (nSPS) is 12.0. The minimum absolute atomic E-state index is 0.169. The number of amides is 1. The summed E-state index contributed by atoms with van der Waals surface area (Å²) in [6.07, 6.45) is 0. The van der Waals surface area contributed by atoms with E-state index in [0.717, 1.165) is 0 Å². The summed E-state index contributed by atoms with van der Waals surface area (Å²) in [5.74, 6) is -1.71. The summed E-state index contributed by atoms with van der Waals surface area (Å²) < 4.78 is 1.37. The summed E-state index contributed by atoms with van der Waals surface area (Å²) in [6.45, 7) is 1.64. The highest BCUT2D eigenvalue weighted by atomic mass is 35.5. The Morgan fingerprint density at radius 1 is 1.33 bits per heavy atom. The first kappa shape index (κ1) is 15.1. The van der Waals surface area contributed by atoms with Gasteiger partial charge in [-0.25, -0.2) is 4.79 Å². The topological polar surface area (TPSA) is 84.2 Å². The Kier molecular flexibility index (Phi) is 4.28. The van der Waals surface area contributed by atoms with Crippen LogP contribution in [0.25, 0.3) is 0 Å². The van der Waals surface area contributed by atoms with Crippen LogP contribution in [0, 0.1) is 6.92 Å². The van der Waals surface area contributed by atoms with E-state index in [2.05, 4.69) is 10.4 Å². The van der Waals surface area contributed by atoms with Gasteiger partial charge in [-0.1, -0.05) is 41.9 Å². The SMILES string of the molecule is Cc1nn(C)c(Cl)c1C(=O)N[C@H](C(=O)O)c1ccccc1. The standard InChI is InChI=1S/C14H14ClN3O3/c1-8-10(12(15)18(2)17-8)13(19)16-11(14(20)21)9-6-4-3-5-7-9/h3-7,11H,1-2H3,(H,16,19)(H,20,21)/t11-/m0/s1. The van der Waals surface area contributed by atoms with E-state index in [0.29, 0.717) is 11.3 Å². The highest BCUT2D eigenvalue weighted by Gasteiger charge is 2.26. The molecule has 2 rings (SSSR count). The summed E-state index contributed by atoms with van der Waals surface area (Å²) in [5.41, 5.74) is 1.11. The number of benzene rings is 1. The number of aromatic nitrogens is 2. The molecule has 0 radical (unpaired) electrons. The number of aliphatic carboxylic acids is 1. The fraction of sp³-hybridized carbons (Fsp3) is 0.214. The molecule has 7 heteroatoms. The van der Waals surface area contributed by atoms with Crippen molar-refractivity contribution >= 4 is 23.5 Å². The number of carboxylic acids is 1. The maximum absolute atomic E-state index is 12.3. The first-order valence-corrected chi connectivity index (χ1v) is 6.57. The van der Waals surface area contributed by atoms with Crippen molar-refractivity contribution in [2.24, 2.45) is 7.05 Å². The van der Waals surface area contributed by atoms with Crippen molar-refractivity contribution in [3.63, 3.8) is 0 Å². The van der Waals surface area contributed by atoms with Crippen LogP contribution in [0.1, 0.15) is 27.7 Å². The molecule has 1 amide bonds. The van der Waals surface area contributed by atoms with Gasteiger partial charge in [0.1, 0.15) is 5.15 Å². The molecule has 1 aromatic carbocycles. The zero-order valence-electron chi connectivity index (χ0n) is 11.5. The van der Waals surface area contributed by atoms with Crippen LogP contribution < -0.4 is 5.32 Å². The molecule has 6 nitrogen and oxygen atoms in total. The van der Waals surface area contributed by atoms with Crippen LogP contribution in [0.5, 0.6) is 0 Å². The molecular formula is C14H14ClN3O3. The molecule has 1 heterocycles. The number of rotatable bonds is 4. The van der Waals surface area contributed by atoms with Crippen LogP contribution in [0.3, 0.4) is 0 Å². The van der Waals surface area contributed by atoms with E-state index < -0.39 is 17.9 Å². The van der Waals surface area contributed by atoms with E-state index in [1.807, 2.05) is 0 Å². The third-order valence-electron chi connectivity index (χ3n) is 3.03. The maximum Gasteiger partial charge on any atom is 0.330 e. The minimum atomic E-state index is -1.15. The van der Waals surface area contributed by atoms with E-state index in [-0.39, 0.29) is 10.7 Å². The van der Waals surface area contributed by atoms with Crippen molar-refractivity contribution < 1.29 is 14.7 Å². The van der Waals surface area contributed by atoms with Gasteiger partial charge in [-0.05, 0) is 12.5 Å². The number of halogens is 1. The van der Waals surface area contributed by atoms with Crippen molar-refractivity contribution in [1.29, 1.82) is 0 Å². The number of carbonyl (C=O) groups is 2. The summed E-state index contributed by atoms with van der Waals surface area (Å²) in [7, 11) is 1.61. The molecule has 2 aromatic rings. The molecule has 0 bridgehead atoms. The second-order valence-electron chi connectivity index (χ2n) is 4.53. The molecule has 0 aliphatic carbocycles. The average Bonchev–Trinajstić information content (AvgIpc) is 2.70. The van der Waals surface area contributed by atoms with Crippen LogP contribution in [0.4, 0.5) is 0 Å². The van der Waals surface area contributed by atoms with Crippen LogP contribution >= 0.6 is 11.6 Å². The van der Waals surface area contributed by atoms with Crippen LogP contribution in [-0.2, 0) is 11.8 Å². The van der Waals surface area contributed by atoms with Gasteiger partial charge in [-0.3, -0.25) is 9.48 Å². The van der Waals surface area contributed by atoms with Crippen molar-refractivity contribution in [3.05, 3.63) is 52.3 Å². The van der Waals surface area contributed by atoms with Gasteiger partial charge in [-0.2, -0.15) is 5.10 Å². The molecule has 0 fully saturated rings. The molecule has 1 atom stereocenters. The van der Waals surface area contributed by atoms with Gasteiger partial charge in [0, 0.05) is 7.05 Å². The van der Waals surface area contributed by atoms with Gasteiger partial charge in [0.15, 0.2) is 6.04 Å². The Hall–Kier alpha value is -2.34. The van der Waals surface area contributed by atoms with Crippen molar-refractivity contribution in [2.45, 2.75) is 13.0 Å². The predicted molar refractivity (Wildman–Crippen MR) is 77.2 cm³/mol. The Labute approximate surface area is 126 Å². The molecule has 110 valence electrons. The van der Waals surface area contributed by atoms with Crippen LogP contribution in [0.15, 0.2) is 30.3 Å². The fourth-order valence-corrected chi connectivity index (χ4v) is 2.28. The third kappa shape index (κ3) is 3.05. The number of hydrogen-bond acceptors (Lipinski definition) is 3. The Morgan fingerprint density at radius 3 is 2.43 bits per heavy atom. The second kappa shape index (κ2) is 5.97. The van der Waals surface area contributed by atoms with Gasteiger partial charge in [0.25, 0.3) is 5.91 Å². The molecule has 0 saturated heterocycles. The molecule has 0 aliphatic rings. The fourth-order valence-electron chi connectivity index (χ4n) is 2.02. The van der Waals surface area contributed by atoms with Gasteiger partial charge in [0.05, 0.1) is 11.3 Å².